The fraction of sp³-hybridized carbons (Fsp3) is 0.273. The van der Waals surface area contributed by atoms with Gasteiger partial charge < -0.3 is 19.5 Å². The molecule has 0 atom stereocenters. The Morgan fingerprint density at radius 2 is 1.70 bits per heavy atom. The summed E-state index contributed by atoms with van der Waals surface area (Å²) in [5.74, 6) is 0.0546. The zero-order chi connectivity index (χ0) is 22.3. The van der Waals surface area contributed by atoms with Crippen molar-refractivity contribution in [3.05, 3.63) is 53.9 Å². The maximum atomic E-state index is 13.7. The molecule has 30 heavy (non-hydrogen) atoms. The van der Waals surface area contributed by atoms with Crippen molar-refractivity contribution in [1.82, 2.24) is 0 Å². The van der Waals surface area contributed by atoms with E-state index < -0.39 is 23.4 Å². The molecule has 0 aromatic heterocycles. The third kappa shape index (κ3) is 6.80. The summed E-state index contributed by atoms with van der Waals surface area (Å²) in [6.45, 7) is 5.16. The molecule has 0 unspecified atom stereocenters. The molecule has 0 heterocycles. The lowest BCUT2D eigenvalue weighted by Gasteiger charge is -2.20. The van der Waals surface area contributed by atoms with Gasteiger partial charge in [0, 0.05) is 11.6 Å². The highest BCUT2D eigenvalue weighted by molar-refractivity contribution is 6.05. The van der Waals surface area contributed by atoms with Gasteiger partial charge in [0.25, 0.3) is 0 Å². The van der Waals surface area contributed by atoms with Crippen LogP contribution in [0.2, 0.25) is 0 Å². The molecule has 8 heteroatoms. The molecular formula is C22H25FN2O5. The van der Waals surface area contributed by atoms with E-state index in [9.17, 15) is 14.0 Å². The molecular weight excluding hydrogens is 391 g/mol. The Balaban J connectivity index is 2.18. The summed E-state index contributed by atoms with van der Waals surface area (Å²) in [7, 11) is 3.05. The van der Waals surface area contributed by atoms with Crippen molar-refractivity contribution in [3.63, 3.8) is 0 Å². The van der Waals surface area contributed by atoms with Gasteiger partial charge in [0.05, 0.1) is 25.6 Å². The van der Waals surface area contributed by atoms with Gasteiger partial charge in [-0.05, 0) is 63.2 Å². The predicted molar refractivity (Wildman–Crippen MR) is 113 cm³/mol. The zero-order valence-electron chi connectivity index (χ0n) is 17.5. The van der Waals surface area contributed by atoms with Crippen LogP contribution in [0.25, 0.3) is 6.08 Å². The summed E-state index contributed by atoms with van der Waals surface area (Å²) in [4.78, 5) is 24.4. The number of rotatable bonds is 6. The van der Waals surface area contributed by atoms with Gasteiger partial charge in [-0.2, -0.15) is 0 Å². The summed E-state index contributed by atoms with van der Waals surface area (Å²) >= 11 is 0. The average Bonchev–Trinajstić information content (AvgIpc) is 2.66. The molecule has 2 aromatic carbocycles. The van der Waals surface area contributed by atoms with Crippen LogP contribution in [0.5, 0.6) is 11.5 Å². The number of anilines is 2. The summed E-state index contributed by atoms with van der Waals surface area (Å²) in [6, 6.07) is 8.76. The largest absolute Gasteiger partial charge is 0.497 e. The first-order valence-electron chi connectivity index (χ1n) is 9.12. The average molecular weight is 416 g/mol. The van der Waals surface area contributed by atoms with Crippen LogP contribution in [-0.2, 0) is 9.53 Å². The summed E-state index contributed by atoms with van der Waals surface area (Å²) in [5.41, 5.74) is 0.212. The van der Waals surface area contributed by atoms with Crippen LogP contribution in [-0.4, -0.2) is 31.8 Å². The maximum Gasteiger partial charge on any atom is 0.412 e. The highest BCUT2D eigenvalue weighted by Gasteiger charge is 2.18. The lowest BCUT2D eigenvalue weighted by atomic mass is 10.1. The number of benzene rings is 2. The van der Waals surface area contributed by atoms with Crippen LogP contribution in [0.1, 0.15) is 26.3 Å². The summed E-state index contributed by atoms with van der Waals surface area (Å²) in [5, 5.41) is 5.05. The van der Waals surface area contributed by atoms with Gasteiger partial charge in [0.1, 0.15) is 22.9 Å². The molecule has 0 bridgehead atoms. The molecule has 2 rings (SSSR count). The molecule has 7 nitrogen and oxygen atoms in total. The van der Waals surface area contributed by atoms with Gasteiger partial charge in [-0.15, -0.1) is 0 Å². The van der Waals surface area contributed by atoms with Crippen LogP contribution < -0.4 is 20.1 Å². The van der Waals surface area contributed by atoms with E-state index >= 15 is 0 Å². The van der Waals surface area contributed by atoms with Gasteiger partial charge >= 0.3 is 6.09 Å². The van der Waals surface area contributed by atoms with Crippen molar-refractivity contribution < 1.29 is 28.2 Å². The molecule has 0 aliphatic carbocycles. The number of nitrogens with one attached hydrogen (secondary N) is 2. The highest BCUT2D eigenvalue weighted by atomic mass is 19.1. The third-order valence-electron chi connectivity index (χ3n) is 3.73. The standard InChI is InChI=1S/C22H25FN2O5/c1-22(2,3)30-21(27)25-17-9-7-15(23)13-18(17)24-20(26)11-6-14-12-16(28-4)8-10-19(14)29-5/h6-13H,1-5H3,(H,24,26)(H,25,27)/b11-6+. The molecule has 2 N–H and O–H groups in total. The molecule has 0 aliphatic heterocycles. The number of halogens is 1. The summed E-state index contributed by atoms with van der Waals surface area (Å²) < 4.78 is 29.3. The fourth-order valence-corrected chi connectivity index (χ4v) is 2.45. The minimum absolute atomic E-state index is 0.0908. The molecule has 0 spiro atoms. The van der Waals surface area contributed by atoms with E-state index in [1.807, 2.05) is 0 Å². The number of carbonyl (C=O) groups is 2. The molecule has 160 valence electrons. The topological polar surface area (TPSA) is 85.9 Å². The molecule has 0 fully saturated rings. The first-order valence-corrected chi connectivity index (χ1v) is 9.12. The summed E-state index contributed by atoms with van der Waals surface area (Å²) in [6.07, 6.45) is 2.08. The van der Waals surface area contributed by atoms with Crippen molar-refractivity contribution in [1.29, 1.82) is 0 Å². The third-order valence-corrected chi connectivity index (χ3v) is 3.73. The van der Waals surface area contributed by atoms with Gasteiger partial charge in [-0.3, -0.25) is 10.1 Å². The zero-order valence-corrected chi connectivity index (χ0v) is 17.5. The smallest absolute Gasteiger partial charge is 0.412 e. The van der Waals surface area contributed by atoms with E-state index in [1.165, 1.54) is 38.5 Å². The quantitative estimate of drug-likeness (QED) is 0.658. The number of carbonyl (C=O) groups excluding carboxylic acids is 2. The van der Waals surface area contributed by atoms with Crippen molar-refractivity contribution in [3.8, 4) is 11.5 Å². The normalized spacial score (nSPS) is 11.1. The van der Waals surface area contributed by atoms with E-state index in [0.717, 1.165) is 6.07 Å². The fourth-order valence-electron chi connectivity index (χ4n) is 2.45. The highest BCUT2D eigenvalue weighted by Crippen LogP contribution is 2.26. The van der Waals surface area contributed by atoms with Crippen LogP contribution >= 0.6 is 0 Å². The monoisotopic (exact) mass is 416 g/mol. The Bertz CT molecular complexity index is 951. The number of methoxy groups -OCH3 is 2. The van der Waals surface area contributed by atoms with Gasteiger partial charge in [0.2, 0.25) is 5.91 Å². The SMILES string of the molecule is COc1ccc(OC)c(/C=C/C(=O)Nc2cc(F)ccc2NC(=O)OC(C)(C)C)c1. The van der Waals surface area contributed by atoms with Crippen LogP contribution in [0, 0.1) is 5.82 Å². The van der Waals surface area contributed by atoms with Crippen molar-refractivity contribution in [2.24, 2.45) is 0 Å². The minimum Gasteiger partial charge on any atom is -0.497 e. The lowest BCUT2D eigenvalue weighted by Crippen LogP contribution is -2.27. The van der Waals surface area contributed by atoms with Crippen molar-refractivity contribution in [2.45, 2.75) is 26.4 Å². The number of hydrogen-bond donors (Lipinski definition) is 2. The second-order valence-corrected chi connectivity index (χ2v) is 7.25. The van der Waals surface area contributed by atoms with Gasteiger partial charge in [-0.25, -0.2) is 9.18 Å². The van der Waals surface area contributed by atoms with Crippen molar-refractivity contribution >= 4 is 29.5 Å². The molecule has 0 saturated heterocycles. The van der Waals surface area contributed by atoms with Crippen LogP contribution in [0.3, 0.4) is 0 Å². The number of ether oxygens (including phenoxy) is 3. The maximum absolute atomic E-state index is 13.7. The van der Waals surface area contributed by atoms with Crippen LogP contribution in [0.15, 0.2) is 42.5 Å². The number of amides is 2. The van der Waals surface area contributed by atoms with E-state index in [2.05, 4.69) is 10.6 Å². The first-order chi connectivity index (χ1) is 14.1. The van der Waals surface area contributed by atoms with E-state index in [1.54, 1.807) is 39.0 Å². The Morgan fingerprint density at radius 1 is 0.967 bits per heavy atom. The van der Waals surface area contributed by atoms with Gasteiger partial charge in [-0.1, -0.05) is 0 Å². The Hall–Kier alpha value is -3.55. The van der Waals surface area contributed by atoms with E-state index in [-0.39, 0.29) is 11.4 Å². The lowest BCUT2D eigenvalue weighted by molar-refractivity contribution is -0.111. The van der Waals surface area contributed by atoms with E-state index in [0.29, 0.717) is 17.1 Å². The first kappa shape index (κ1) is 22.7. The van der Waals surface area contributed by atoms with Gasteiger partial charge in [0.15, 0.2) is 0 Å². The molecule has 0 aliphatic rings. The Labute approximate surface area is 174 Å². The second-order valence-electron chi connectivity index (χ2n) is 7.25. The van der Waals surface area contributed by atoms with Crippen molar-refractivity contribution in [2.75, 3.05) is 24.9 Å². The Kier molecular flexibility index (Phi) is 7.41. The Morgan fingerprint density at radius 3 is 2.33 bits per heavy atom. The predicted octanol–water partition coefficient (Wildman–Crippen LogP) is 4.84. The van der Waals surface area contributed by atoms with E-state index in [4.69, 9.17) is 14.2 Å². The minimum atomic E-state index is -0.721. The molecule has 0 radical (unpaired) electrons. The second kappa shape index (κ2) is 9.78. The van der Waals surface area contributed by atoms with Crippen LogP contribution in [0.4, 0.5) is 20.6 Å². The molecule has 2 aromatic rings. The molecule has 0 saturated carbocycles. The number of hydrogen-bond acceptors (Lipinski definition) is 5. The molecule has 2 amide bonds.